The summed E-state index contributed by atoms with van der Waals surface area (Å²) in [5, 5.41) is 13.6. The second-order valence-electron chi connectivity index (χ2n) is 12.5. The Kier molecular flexibility index (Phi) is 3.73. The molecule has 168 valence electrons. The average Bonchev–Trinajstić information content (AvgIpc) is 3.50. The highest BCUT2D eigenvalue weighted by Crippen LogP contribution is 2.61. The van der Waals surface area contributed by atoms with Gasteiger partial charge in [0, 0.05) is 16.3 Å². The van der Waals surface area contributed by atoms with Crippen LogP contribution in [0, 0.1) is 29.1 Å². The van der Waals surface area contributed by atoms with E-state index in [1.807, 2.05) is 0 Å². The number of aromatic nitrogens is 1. The van der Waals surface area contributed by atoms with Crippen LogP contribution >= 0.6 is 11.6 Å². The molecule has 1 heterocycles. The zero-order valence-electron chi connectivity index (χ0n) is 19.3. The Morgan fingerprint density at radius 1 is 0.909 bits per heavy atom. The maximum Gasteiger partial charge on any atom is 0.0995 e. The Morgan fingerprint density at radius 3 is 2.27 bits per heavy atom. The smallest absolute Gasteiger partial charge is 0.0995 e. The molecule has 1 N–H and O–H groups in total. The Hall–Kier alpha value is -1.98. The number of aromatic amines is 1. The van der Waals surface area contributed by atoms with Gasteiger partial charge >= 0.3 is 0 Å². The molecule has 5 fully saturated rings. The van der Waals surface area contributed by atoms with Gasteiger partial charge in [-0.25, -0.2) is 0 Å². The van der Waals surface area contributed by atoms with Crippen LogP contribution in [0.2, 0.25) is 5.02 Å². The normalized spacial score (nSPS) is 33.4. The number of hydrogen-bond acceptors (Lipinski definition) is 1. The molecule has 0 saturated heterocycles. The summed E-state index contributed by atoms with van der Waals surface area (Å²) in [5.74, 6) is 2.79. The summed E-state index contributed by atoms with van der Waals surface area (Å²) in [6, 6.07) is 9.55. The third-order valence-electron chi connectivity index (χ3n) is 10.8. The van der Waals surface area contributed by atoms with Crippen molar-refractivity contribution >= 4 is 33.4 Å². The van der Waals surface area contributed by atoms with Gasteiger partial charge in [-0.3, -0.25) is 0 Å². The lowest BCUT2D eigenvalue weighted by molar-refractivity contribution is -0.00512. The summed E-state index contributed by atoms with van der Waals surface area (Å²) in [6.07, 6.45) is 15.9. The molecule has 2 aromatic carbocycles. The van der Waals surface area contributed by atoms with E-state index in [4.69, 9.17) is 11.6 Å². The van der Waals surface area contributed by atoms with Crippen molar-refractivity contribution in [2.24, 2.45) is 17.8 Å². The highest BCUT2D eigenvalue weighted by Gasteiger charge is 2.52. The topological polar surface area (TPSA) is 39.6 Å². The van der Waals surface area contributed by atoms with Crippen LogP contribution in [0.25, 0.3) is 21.8 Å². The highest BCUT2D eigenvalue weighted by molar-refractivity contribution is 6.36. The van der Waals surface area contributed by atoms with E-state index in [1.54, 1.807) is 0 Å². The van der Waals surface area contributed by atoms with Crippen LogP contribution in [0.1, 0.15) is 92.9 Å². The van der Waals surface area contributed by atoms with E-state index < -0.39 is 0 Å². The van der Waals surface area contributed by atoms with Crippen molar-refractivity contribution in [3.8, 4) is 6.07 Å². The number of benzene rings is 2. The largest absolute Gasteiger partial charge is 0.353 e. The highest BCUT2D eigenvalue weighted by atomic mass is 35.5. The molecule has 0 amide bonds. The van der Waals surface area contributed by atoms with E-state index in [9.17, 15) is 5.26 Å². The summed E-state index contributed by atoms with van der Waals surface area (Å²) in [6.45, 7) is 0. The quantitative estimate of drug-likeness (QED) is 0.396. The number of halogens is 1. The number of nitriles is 1. The fourth-order valence-corrected chi connectivity index (χ4v) is 10.2. The number of rotatable bonds is 1. The molecule has 6 aliphatic carbocycles. The summed E-state index contributed by atoms with van der Waals surface area (Å²) in [4.78, 5) is 3.65. The van der Waals surface area contributed by atoms with Gasteiger partial charge in [-0.2, -0.15) is 5.26 Å². The Balaban J connectivity index is 1.38. The molecule has 4 bridgehead atoms. The fraction of sp³-hybridized carbons (Fsp3) is 0.567. The third-order valence-corrected chi connectivity index (χ3v) is 11.1. The van der Waals surface area contributed by atoms with Gasteiger partial charge in [0.25, 0.3) is 0 Å². The summed E-state index contributed by atoms with van der Waals surface area (Å²) in [7, 11) is 0. The lowest BCUT2D eigenvalue weighted by Crippen LogP contribution is -2.48. The van der Waals surface area contributed by atoms with E-state index in [2.05, 4.69) is 29.3 Å². The monoisotopic (exact) mass is 454 g/mol. The van der Waals surface area contributed by atoms with Crippen molar-refractivity contribution in [1.29, 1.82) is 5.26 Å². The van der Waals surface area contributed by atoms with Crippen LogP contribution in [0.3, 0.4) is 0 Å². The van der Waals surface area contributed by atoms with E-state index in [0.29, 0.717) is 5.41 Å². The minimum atomic E-state index is 0.250. The molecule has 6 aliphatic rings. The molecule has 0 radical (unpaired) electrons. The number of hydrogen-bond donors (Lipinski definition) is 1. The zero-order valence-corrected chi connectivity index (χ0v) is 20.0. The van der Waals surface area contributed by atoms with Crippen molar-refractivity contribution in [1.82, 2.24) is 4.98 Å². The van der Waals surface area contributed by atoms with Gasteiger partial charge in [0.15, 0.2) is 0 Å². The SMILES string of the molecule is N#Cc1cc2[nH]c3c(Cl)cc(C45CC6CC(CC(C6)C4)C5)cc3c2c2c1C1(CCCC1)CC2. The molecule has 1 spiro atoms. The van der Waals surface area contributed by atoms with E-state index in [0.717, 1.165) is 45.8 Å². The minimum absolute atomic E-state index is 0.250. The molecule has 0 atom stereocenters. The molecule has 3 aromatic rings. The van der Waals surface area contributed by atoms with Crippen LogP contribution in [0.15, 0.2) is 18.2 Å². The Morgan fingerprint density at radius 2 is 1.61 bits per heavy atom. The molecule has 1 aromatic heterocycles. The van der Waals surface area contributed by atoms with Gasteiger partial charge in [-0.05, 0) is 128 Å². The third kappa shape index (κ3) is 2.45. The van der Waals surface area contributed by atoms with Crippen molar-refractivity contribution in [3.63, 3.8) is 0 Å². The molecule has 0 unspecified atom stereocenters. The Bertz CT molecular complexity index is 1340. The summed E-state index contributed by atoms with van der Waals surface area (Å²) >= 11 is 7.02. The molecular formula is C30H31ClN2. The van der Waals surface area contributed by atoms with Crippen LogP contribution in [-0.4, -0.2) is 4.98 Å². The lowest BCUT2D eigenvalue weighted by Gasteiger charge is -2.57. The summed E-state index contributed by atoms with van der Waals surface area (Å²) in [5.41, 5.74) is 8.04. The zero-order chi connectivity index (χ0) is 21.9. The van der Waals surface area contributed by atoms with Gasteiger partial charge in [-0.15, -0.1) is 0 Å². The number of nitrogens with zero attached hydrogens (tertiary/aromatic N) is 1. The van der Waals surface area contributed by atoms with E-state index in [1.165, 1.54) is 98.1 Å². The molecule has 33 heavy (non-hydrogen) atoms. The summed E-state index contributed by atoms with van der Waals surface area (Å²) < 4.78 is 0. The maximum atomic E-state index is 10.1. The average molecular weight is 455 g/mol. The number of nitrogens with one attached hydrogen (secondary N) is 1. The number of fused-ring (bicyclic) bond motifs is 6. The first-order chi connectivity index (χ1) is 16.1. The second kappa shape index (κ2) is 6.37. The number of aryl methyl sites for hydroxylation is 1. The van der Waals surface area contributed by atoms with Gasteiger partial charge < -0.3 is 4.98 Å². The fourth-order valence-electron chi connectivity index (χ4n) is 9.97. The molecule has 9 rings (SSSR count). The van der Waals surface area contributed by atoms with Crippen molar-refractivity contribution in [2.75, 3.05) is 0 Å². The first-order valence-electron chi connectivity index (χ1n) is 13.3. The van der Waals surface area contributed by atoms with E-state index in [-0.39, 0.29) is 5.41 Å². The van der Waals surface area contributed by atoms with Crippen LogP contribution in [0.5, 0.6) is 0 Å². The molecule has 0 aliphatic heterocycles. The lowest BCUT2D eigenvalue weighted by atomic mass is 9.48. The molecule has 3 heteroatoms. The second-order valence-corrected chi connectivity index (χ2v) is 12.9. The van der Waals surface area contributed by atoms with Crippen LogP contribution in [-0.2, 0) is 17.3 Å². The molecule has 2 nitrogen and oxygen atoms in total. The van der Waals surface area contributed by atoms with Crippen LogP contribution < -0.4 is 0 Å². The standard InChI is InChI=1S/C30H31ClN2/c31-24-12-21(30-13-17-7-18(14-30)9-19(8-17)15-30)11-23-26-22-3-6-29(4-1-2-5-29)27(22)20(16-32)10-25(26)33-28(23)24/h10-12,17-19,33H,1-9,13-15H2. The van der Waals surface area contributed by atoms with Gasteiger partial charge in [0.1, 0.15) is 0 Å². The first kappa shape index (κ1) is 19.3. The first-order valence-corrected chi connectivity index (χ1v) is 13.7. The van der Waals surface area contributed by atoms with Crippen LogP contribution in [0.4, 0.5) is 0 Å². The number of H-pyrrole nitrogens is 1. The van der Waals surface area contributed by atoms with Crippen molar-refractivity contribution in [3.05, 3.63) is 45.5 Å². The predicted molar refractivity (Wildman–Crippen MR) is 134 cm³/mol. The van der Waals surface area contributed by atoms with Crippen molar-refractivity contribution in [2.45, 2.75) is 87.9 Å². The van der Waals surface area contributed by atoms with Crippen molar-refractivity contribution < 1.29 is 0 Å². The van der Waals surface area contributed by atoms with E-state index >= 15 is 0 Å². The molecular weight excluding hydrogens is 424 g/mol. The molecule has 5 saturated carbocycles. The minimum Gasteiger partial charge on any atom is -0.353 e. The van der Waals surface area contributed by atoms with Gasteiger partial charge in [-0.1, -0.05) is 24.4 Å². The predicted octanol–water partition coefficient (Wildman–Crippen LogP) is 8.07. The van der Waals surface area contributed by atoms with Gasteiger partial charge in [0.2, 0.25) is 0 Å². The maximum absolute atomic E-state index is 10.1. The Labute approximate surface area is 200 Å². The van der Waals surface area contributed by atoms with Gasteiger partial charge in [0.05, 0.1) is 22.2 Å².